The summed E-state index contributed by atoms with van der Waals surface area (Å²) in [6, 6.07) is 15.0. The normalized spacial score (nSPS) is 13.0. The van der Waals surface area contributed by atoms with Crippen molar-refractivity contribution in [3.8, 4) is 23.0 Å². The number of benzene rings is 3. The molecular formula is C28H31N3O7S. The highest BCUT2D eigenvalue weighted by Gasteiger charge is 2.29. The maximum Gasteiger partial charge on any atom is 0.264 e. The lowest BCUT2D eigenvalue weighted by Crippen LogP contribution is -2.39. The summed E-state index contributed by atoms with van der Waals surface area (Å²) in [6.07, 6.45) is 0. The first-order valence-electron chi connectivity index (χ1n) is 12.2. The molecule has 0 atom stereocenters. The maximum absolute atomic E-state index is 13.8. The predicted molar refractivity (Wildman–Crippen MR) is 148 cm³/mol. The minimum absolute atomic E-state index is 0.0527. The van der Waals surface area contributed by atoms with Crippen LogP contribution in [0.4, 0.5) is 5.69 Å². The summed E-state index contributed by atoms with van der Waals surface area (Å²) in [6.45, 7) is 5.88. The van der Waals surface area contributed by atoms with E-state index in [1.54, 1.807) is 31.2 Å². The molecule has 0 saturated heterocycles. The second-order valence-electron chi connectivity index (χ2n) is 8.97. The van der Waals surface area contributed by atoms with Crippen LogP contribution in [0.2, 0.25) is 0 Å². The van der Waals surface area contributed by atoms with Gasteiger partial charge in [0.05, 0.1) is 30.5 Å². The Morgan fingerprint density at radius 3 is 2.26 bits per heavy atom. The number of methoxy groups -OCH3 is 2. The van der Waals surface area contributed by atoms with Crippen molar-refractivity contribution >= 4 is 27.3 Å². The van der Waals surface area contributed by atoms with Crippen LogP contribution < -0.4 is 28.7 Å². The molecule has 11 heteroatoms. The molecule has 0 aliphatic carbocycles. The van der Waals surface area contributed by atoms with Gasteiger partial charge in [0.2, 0.25) is 0 Å². The zero-order valence-corrected chi connectivity index (χ0v) is 23.3. The summed E-state index contributed by atoms with van der Waals surface area (Å²) >= 11 is 0. The Hall–Kier alpha value is -4.25. The van der Waals surface area contributed by atoms with Crippen LogP contribution in [0.3, 0.4) is 0 Å². The number of fused-ring (bicyclic) bond motifs is 1. The highest BCUT2D eigenvalue weighted by atomic mass is 32.2. The molecule has 1 amide bonds. The van der Waals surface area contributed by atoms with E-state index in [0.717, 1.165) is 21.0 Å². The largest absolute Gasteiger partial charge is 0.493 e. The van der Waals surface area contributed by atoms with E-state index in [2.05, 4.69) is 10.5 Å². The summed E-state index contributed by atoms with van der Waals surface area (Å²) in [7, 11) is -1.30. The number of hydrogen-bond donors (Lipinski definition) is 1. The van der Waals surface area contributed by atoms with Crippen molar-refractivity contribution in [3.05, 3.63) is 71.3 Å². The number of sulfonamides is 1. The van der Waals surface area contributed by atoms with Gasteiger partial charge in [-0.25, -0.2) is 13.8 Å². The number of hydrazone groups is 1. The van der Waals surface area contributed by atoms with E-state index < -0.39 is 22.5 Å². The van der Waals surface area contributed by atoms with Crippen molar-refractivity contribution in [3.63, 3.8) is 0 Å². The van der Waals surface area contributed by atoms with Crippen LogP contribution in [0.5, 0.6) is 23.0 Å². The molecule has 0 aromatic heterocycles. The van der Waals surface area contributed by atoms with E-state index in [1.165, 1.54) is 32.4 Å². The molecular weight excluding hydrogens is 522 g/mol. The third kappa shape index (κ3) is 6.26. The van der Waals surface area contributed by atoms with Crippen LogP contribution in [0.1, 0.15) is 23.6 Å². The second kappa shape index (κ2) is 11.6. The van der Waals surface area contributed by atoms with E-state index in [-0.39, 0.29) is 10.6 Å². The van der Waals surface area contributed by atoms with Crippen LogP contribution in [0.15, 0.2) is 64.6 Å². The predicted octanol–water partition coefficient (Wildman–Crippen LogP) is 3.83. The topological polar surface area (TPSA) is 116 Å². The molecule has 1 aliphatic rings. The van der Waals surface area contributed by atoms with Crippen LogP contribution >= 0.6 is 0 Å². The van der Waals surface area contributed by atoms with Gasteiger partial charge in [-0.1, -0.05) is 6.07 Å². The maximum atomic E-state index is 13.8. The number of aryl methyl sites for hydroxylation is 2. The first-order valence-corrected chi connectivity index (χ1v) is 13.6. The number of carbonyl (C=O) groups excluding carboxylic acids is 1. The van der Waals surface area contributed by atoms with Gasteiger partial charge in [0.1, 0.15) is 19.8 Å². The lowest BCUT2D eigenvalue weighted by Gasteiger charge is -2.25. The van der Waals surface area contributed by atoms with E-state index in [9.17, 15) is 13.2 Å². The van der Waals surface area contributed by atoms with Crippen molar-refractivity contribution in [2.45, 2.75) is 25.7 Å². The molecule has 1 aliphatic heterocycles. The number of rotatable bonds is 9. The van der Waals surface area contributed by atoms with Crippen LogP contribution in [0, 0.1) is 13.8 Å². The average molecular weight is 554 g/mol. The van der Waals surface area contributed by atoms with Crippen molar-refractivity contribution < 1.29 is 32.2 Å². The monoisotopic (exact) mass is 553 g/mol. The third-order valence-corrected chi connectivity index (χ3v) is 7.80. The standard InChI is InChI=1S/C28H31N3O7S/c1-18-12-19(2)14-22(13-18)31(39(33,34)23-7-9-24(35-4)26(16-23)36-5)17-28(32)30-29-20(3)21-6-8-25-27(15-21)38-11-10-37-25/h6-9,12-16H,10-11,17H2,1-5H3,(H,30,32)/b29-20-. The van der Waals surface area contributed by atoms with Crippen LogP contribution in [0.25, 0.3) is 0 Å². The van der Waals surface area contributed by atoms with Crippen LogP contribution in [-0.2, 0) is 14.8 Å². The summed E-state index contributed by atoms with van der Waals surface area (Å²) < 4.78 is 50.4. The quantitative estimate of drug-likeness (QED) is 0.316. The number of anilines is 1. The van der Waals surface area contributed by atoms with Gasteiger partial charge in [-0.15, -0.1) is 0 Å². The fourth-order valence-corrected chi connectivity index (χ4v) is 5.58. The van der Waals surface area contributed by atoms with Gasteiger partial charge in [-0.2, -0.15) is 5.10 Å². The number of hydrogen-bond acceptors (Lipinski definition) is 8. The van der Waals surface area contributed by atoms with Crippen molar-refractivity contribution in [2.24, 2.45) is 5.10 Å². The Balaban J connectivity index is 1.62. The molecule has 0 fully saturated rings. The van der Waals surface area contributed by atoms with Gasteiger partial charge < -0.3 is 18.9 Å². The number of nitrogens with zero attached hydrogens (tertiary/aromatic N) is 2. The molecule has 0 radical (unpaired) electrons. The average Bonchev–Trinajstić information content (AvgIpc) is 2.93. The SMILES string of the molecule is COc1ccc(S(=O)(=O)N(CC(=O)N/N=C(/C)c2ccc3c(c2)OCCO3)c2cc(C)cc(C)c2)cc1OC. The Labute approximate surface area is 228 Å². The number of carbonyl (C=O) groups is 1. The molecule has 0 bridgehead atoms. The summed E-state index contributed by atoms with van der Waals surface area (Å²) in [5, 5.41) is 4.19. The van der Waals surface area contributed by atoms with Crippen molar-refractivity contribution in [2.75, 3.05) is 38.3 Å². The Morgan fingerprint density at radius 1 is 0.923 bits per heavy atom. The van der Waals surface area contributed by atoms with Gasteiger partial charge in [0.15, 0.2) is 23.0 Å². The smallest absolute Gasteiger partial charge is 0.264 e. The van der Waals surface area contributed by atoms with Gasteiger partial charge in [0, 0.05) is 11.6 Å². The zero-order valence-electron chi connectivity index (χ0n) is 22.5. The number of ether oxygens (including phenoxy) is 4. The molecule has 0 spiro atoms. The van der Waals surface area contributed by atoms with Gasteiger partial charge >= 0.3 is 0 Å². The van der Waals surface area contributed by atoms with E-state index in [1.807, 2.05) is 26.0 Å². The Kier molecular flexibility index (Phi) is 8.29. The molecule has 0 unspecified atom stereocenters. The molecule has 4 rings (SSSR count). The highest BCUT2D eigenvalue weighted by molar-refractivity contribution is 7.92. The fourth-order valence-electron chi connectivity index (χ4n) is 4.16. The van der Waals surface area contributed by atoms with Gasteiger partial charge in [0.25, 0.3) is 15.9 Å². The molecule has 10 nitrogen and oxygen atoms in total. The lowest BCUT2D eigenvalue weighted by atomic mass is 10.1. The molecule has 1 heterocycles. The van der Waals surface area contributed by atoms with E-state index in [0.29, 0.717) is 41.9 Å². The zero-order chi connectivity index (χ0) is 28.2. The van der Waals surface area contributed by atoms with Gasteiger partial charge in [-0.3, -0.25) is 9.10 Å². The highest BCUT2D eigenvalue weighted by Crippen LogP contribution is 2.33. The number of nitrogens with one attached hydrogen (secondary N) is 1. The molecule has 0 saturated carbocycles. The molecule has 3 aromatic carbocycles. The van der Waals surface area contributed by atoms with Gasteiger partial charge in [-0.05, 0) is 74.4 Å². The van der Waals surface area contributed by atoms with Crippen molar-refractivity contribution in [1.29, 1.82) is 0 Å². The third-order valence-electron chi connectivity index (χ3n) is 6.03. The minimum Gasteiger partial charge on any atom is -0.493 e. The van der Waals surface area contributed by atoms with E-state index in [4.69, 9.17) is 18.9 Å². The molecule has 206 valence electrons. The summed E-state index contributed by atoms with van der Waals surface area (Å²) in [4.78, 5) is 13.0. The molecule has 3 aromatic rings. The van der Waals surface area contributed by atoms with Crippen LogP contribution in [-0.4, -0.2) is 54.0 Å². The van der Waals surface area contributed by atoms with Crippen molar-refractivity contribution in [1.82, 2.24) is 5.43 Å². The Bertz CT molecular complexity index is 1500. The summed E-state index contributed by atoms with van der Waals surface area (Å²) in [5.74, 6) is 1.27. The minimum atomic E-state index is -4.18. The molecule has 39 heavy (non-hydrogen) atoms. The fraction of sp³-hybridized carbons (Fsp3) is 0.286. The second-order valence-corrected chi connectivity index (χ2v) is 10.8. The Morgan fingerprint density at radius 2 is 1.59 bits per heavy atom. The first kappa shape index (κ1) is 27.8. The first-order chi connectivity index (χ1) is 18.6. The molecule has 1 N–H and O–H groups in total. The van der Waals surface area contributed by atoms with E-state index >= 15 is 0 Å². The lowest BCUT2D eigenvalue weighted by molar-refractivity contribution is -0.119. The number of amides is 1. The summed E-state index contributed by atoms with van der Waals surface area (Å²) in [5.41, 5.74) is 5.78.